The molecule has 136 heavy (non-hydrogen) atoms. The van der Waals surface area contributed by atoms with E-state index in [-0.39, 0.29) is 26.4 Å². The molecule has 0 radical (unpaired) electrons. The minimum atomic E-state index is 0.259. The molecule has 24 heteroatoms. The maximum atomic E-state index is 7.01. The molecule has 8 bridgehead atoms. The maximum Gasteiger partial charge on any atom is 0.162 e. The Balaban J connectivity index is 1.26. The van der Waals surface area contributed by atoms with E-state index < -0.39 is 0 Å². The molecule has 24 nitrogen and oxygen atoms in total. The predicted octanol–water partition coefficient (Wildman–Crippen LogP) is 26.7. The molecule has 2 aliphatic heterocycles. The summed E-state index contributed by atoms with van der Waals surface area (Å²) in [6, 6.07) is 25.6. The number of methoxy groups -OCH3 is 4. The molecular formula is C112H174N4O20. The van der Waals surface area contributed by atoms with Gasteiger partial charge < -0.3 is 105 Å². The van der Waals surface area contributed by atoms with E-state index in [1.165, 1.54) is 180 Å². The molecule has 0 unspecified atom stereocenters. The molecular weight excluding hydrogens is 1720 g/mol. The van der Waals surface area contributed by atoms with Crippen LogP contribution in [-0.4, -0.2) is 233 Å². The molecule has 4 aromatic carbocycles. The first-order valence-corrected chi connectivity index (χ1v) is 53.0. The lowest BCUT2D eigenvalue weighted by atomic mass is 10.0. The van der Waals surface area contributed by atoms with Crippen molar-refractivity contribution in [3.8, 4) is 91.0 Å². The number of unbranched alkanes of at least 4 members (excludes halogenated alkanes) is 36. The molecule has 0 amide bonds. The lowest BCUT2D eigenvalue weighted by Crippen LogP contribution is -2.12. The van der Waals surface area contributed by atoms with Crippen molar-refractivity contribution >= 4 is 43.6 Å². The van der Waals surface area contributed by atoms with Gasteiger partial charge in [0.15, 0.2) is 46.0 Å². The second-order valence-electron chi connectivity index (χ2n) is 36.0. The number of rotatable bonds is 88. The van der Waals surface area contributed by atoms with E-state index in [0.29, 0.717) is 227 Å². The van der Waals surface area contributed by atoms with Crippen LogP contribution in [-0.2, 0) is 56.8 Å². The summed E-state index contributed by atoms with van der Waals surface area (Å²) in [5.74, 6) is 4.87. The summed E-state index contributed by atoms with van der Waals surface area (Å²) in [6.07, 6.45) is 48.2. The van der Waals surface area contributed by atoms with E-state index in [1.807, 2.05) is 0 Å². The summed E-state index contributed by atoms with van der Waals surface area (Å²) < 4.78 is 124. The van der Waals surface area contributed by atoms with Gasteiger partial charge in [-0.15, -0.1) is 0 Å². The Kier molecular flexibility index (Phi) is 59.2. The van der Waals surface area contributed by atoms with Crippen LogP contribution in [0.4, 0.5) is 0 Å². The van der Waals surface area contributed by atoms with Crippen molar-refractivity contribution in [1.82, 2.24) is 19.9 Å². The molecule has 762 valence electrons. The van der Waals surface area contributed by atoms with E-state index in [2.05, 4.69) is 110 Å². The lowest BCUT2D eigenvalue weighted by molar-refractivity contribution is 0.0177. The molecule has 0 fully saturated rings. The van der Waals surface area contributed by atoms with Gasteiger partial charge in [-0.05, 0) is 98.5 Å². The zero-order valence-electron chi connectivity index (χ0n) is 85.1. The van der Waals surface area contributed by atoms with Crippen molar-refractivity contribution in [2.45, 2.75) is 285 Å². The lowest BCUT2D eigenvalue weighted by Gasteiger charge is -2.16. The molecule has 0 saturated carbocycles. The van der Waals surface area contributed by atoms with E-state index in [9.17, 15) is 0 Å². The van der Waals surface area contributed by atoms with Gasteiger partial charge in [0.1, 0.15) is 26.4 Å². The van der Waals surface area contributed by atoms with Crippen molar-refractivity contribution in [3.05, 3.63) is 72.8 Å². The van der Waals surface area contributed by atoms with Crippen LogP contribution < -0.4 is 37.9 Å². The first-order valence-electron chi connectivity index (χ1n) is 53.0. The SMILES string of the molecule is CCCCCCCCCCCCOc1cc2c(cc1OCCOCCOCCOC)-c1cc3nc(cc4[nH]c(cc5[nH]c(cc-2n1)c1cc(OCCOCCOCCOC)c(OCCCCCCCCCCCC)cc51)c1cc(OCCCCCCCCCCCC)c(OCCOCCOCCOC)cc41)-c1cc(OCCOCCOCCOC)c(OCCCCCCCCCCCC)cc1-3. The molecule has 2 N–H and O–H groups in total. The molecule has 7 aromatic rings. The minimum Gasteiger partial charge on any atom is -0.490 e. The van der Waals surface area contributed by atoms with Gasteiger partial charge in [0.05, 0.1) is 181 Å². The molecule has 2 aliphatic rings. The van der Waals surface area contributed by atoms with Crippen molar-refractivity contribution in [2.24, 2.45) is 0 Å². The number of hydrogen-bond donors (Lipinski definition) is 2. The average Bonchev–Trinajstić information content (AvgIpc) is 1.59. The quantitative estimate of drug-likeness (QED) is 0.0337. The number of aromatic nitrogens is 4. The number of benzene rings is 4. The fourth-order valence-electron chi connectivity index (χ4n) is 17.2. The normalized spacial score (nSPS) is 11.8. The minimum absolute atomic E-state index is 0.259. The fraction of sp³-hybridized carbons (Fsp3) is 0.679. The summed E-state index contributed by atoms with van der Waals surface area (Å²) in [5, 5.41) is 3.60. The first kappa shape index (κ1) is 112. The number of ether oxygens (including phenoxy) is 20. The number of H-pyrrole nitrogens is 2. The van der Waals surface area contributed by atoms with Gasteiger partial charge in [0.2, 0.25) is 0 Å². The Morgan fingerprint density at radius 3 is 0.551 bits per heavy atom. The van der Waals surface area contributed by atoms with Crippen LogP contribution in [0, 0.1) is 0 Å². The van der Waals surface area contributed by atoms with E-state index in [0.717, 1.165) is 143 Å². The summed E-state index contributed by atoms with van der Waals surface area (Å²) in [6.45, 7) is 20.9. The number of fused-ring (bicyclic) bond motifs is 20. The van der Waals surface area contributed by atoms with Crippen LogP contribution in [0.1, 0.15) is 285 Å². The average molecular weight is 1900 g/mol. The van der Waals surface area contributed by atoms with Gasteiger partial charge in [0.25, 0.3) is 0 Å². The van der Waals surface area contributed by atoms with Gasteiger partial charge in [0, 0.05) is 94.3 Å². The van der Waals surface area contributed by atoms with Gasteiger partial charge in [-0.2, -0.15) is 0 Å². The highest BCUT2D eigenvalue weighted by Gasteiger charge is 2.28. The van der Waals surface area contributed by atoms with E-state index in [1.54, 1.807) is 28.4 Å². The van der Waals surface area contributed by atoms with Crippen LogP contribution in [0.5, 0.6) is 46.0 Å². The predicted molar refractivity (Wildman–Crippen MR) is 550 cm³/mol. The standard InChI is InChI=1S/C112H174N4O20/c1-9-13-17-21-25-29-33-37-41-45-49-129-105-77-89-93(81-109(105)133-73-69-125-65-61-121-57-53-117-5)101-86-99-91-79-107(131-51-47-43-39-35-31-27-23-19-15-11-3)110(134-74-70-126-66-62-122-58-54-118-6)82-94(91)102(115-99)87-100-92-80-108(132-52-48-44-40-36-32-28-24-20-16-12-4)112(136-76-72-128-68-64-124-60-56-120-8)84-96(92)104(116-100)88-103-95-83-111(135-75-71-127-67-63-123-59-55-119-7)106(78-90(95)98(114-103)85-97(89)113-101)130-50-46-42-38-34-30-26-22-18-14-10-2/h77-88,113-114H,9-76H2,1-8H3. The zero-order chi connectivity index (χ0) is 95.4. The van der Waals surface area contributed by atoms with Crippen molar-refractivity contribution in [3.63, 3.8) is 0 Å². The smallest absolute Gasteiger partial charge is 0.162 e. The summed E-state index contributed by atoms with van der Waals surface area (Å²) in [7, 11) is 6.69. The number of hydrogen-bond acceptors (Lipinski definition) is 22. The van der Waals surface area contributed by atoms with Crippen molar-refractivity contribution < 1.29 is 94.7 Å². The third-order valence-corrected chi connectivity index (χ3v) is 24.9. The highest BCUT2D eigenvalue weighted by Crippen LogP contribution is 2.49. The number of nitrogens with zero attached hydrogens (tertiary/aromatic N) is 2. The molecule has 9 rings (SSSR count). The topological polar surface area (TPSA) is 242 Å². The van der Waals surface area contributed by atoms with E-state index >= 15 is 0 Å². The summed E-state index contributed by atoms with van der Waals surface area (Å²) in [4.78, 5) is 19.6. The maximum absolute atomic E-state index is 7.01. The van der Waals surface area contributed by atoms with Crippen LogP contribution in [0.15, 0.2) is 72.8 Å². The van der Waals surface area contributed by atoms with Gasteiger partial charge in [-0.1, -0.05) is 259 Å². The Hall–Kier alpha value is -7.56. The van der Waals surface area contributed by atoms with Crippen molar-refractivity contribution in [1.29, 1.82) is 0 Å². The van der Waals surface area contributed by atoms with Crippen LogP contribution in [0.25, 0.3) is 88.6 Å². The Labute approximate surface area is 815 Å². The fourth-order valence-corrected chi connectivity index (χ4v) is 17.2. The Morgan fingerprint density at radius 2 is 0.338 bits per heavy atom. The van der Waals surface area contributed by atoms with E-state index in [4.69, 9.17) is 105 Å². The van der Waals surface area contributed by atoms with Crippen LogP contribution in [0.3, 0.4) is 0 Å². The third-order valence-electron chi connectivity index (χ3n) is 24.9. The molecule has 5 heterocycles. The Bertz CT molecular complexity index is 4300. The summed E-state index contributed by atoms with van der Waals surface area (Å²) in [5.41, 5.74) is 9.36. The second kappa shape index (κ2) is 71.8. The third kappa shape index (κ3) is 42.5. The first-order chi connectivity index (χ1) is 67.3. The van der Waals surface area contributed by atoms with Crippen LogP contribution >= 0.6 is 0 Å². The molecule has 3 aromatic heterocycles. The summed E-state index contributed by atoms with van der Waals surface area (Å²) >= 11 is 0. The highest BCUT2D eigenvalue weighted by atomic mass is 16.6. The Morgan fingerprint density at radius 1 is 0.169 bits per heavy atom. The molecule has 0 spiro atoms. The van der Waals surface area contributed by atoms with Gasteiger partial charge >= 0.3 is 0 Å². The van der Waals surface area contributed by atoms with Crippen LogP contribution in [0.2, 0.25) is 0 Å². The van der Waals surface area contributed by atoms with Gasteiger partial charge in [-0.3, -0.25) is 0 Å². The highest BCUT2D eigenvalue weighted by molar-refractivity contribution is 6.13. The monoisotopic (exact) mass is 1900 g/mol. The molecule has 0 atom stereocenters. The molecule has 0 aliphatic carbocycles. The molecule has 0 saturated heterocycles. The largest absolute Gasteiger partial charge is 0.490 e. The second-order valence-corrected chi connectivity index (χ2v) is 36.0. The zero-order valence-corrected chi connectivity index (χ0v) is 85.1. The number of nitrogens with one attached hydrogen (secondary N) is 2. The number of aromatic amines is 2. The van der Waals surface area contributed by atoms with Crippen molar-refractivity contribution in [2.75, 3.05) is 213 Å². The van der Waals surface area contributed by atoms with Gasteiger partial charge in [-0.25, -0.2) is 9.97 Å².